The van der Waals surface area contributed by atoms with Gasteiger partial charge in [0, 0.05) is 24.2 Å². The minimum Gasteiger partial charge on any atom is -0.339 e. The van der Waals surface area contributed by atoms with Gasteiger partial charge in [0.05, 0.1) is 6.54 Å². The Hall–Kier alpha value is -1.79. The van der Waals surface area contributed by atoms with Gasteiger partial charge in [0.2, 0.25) is 0 Å². The highest BCUT2D eigenvalue weighted by atomic mass is 16.2. The summed E-state index contributed by atoms with van der Waals surface area (Å²) in [7, 11) is 1.84. The first kappa shape index (κ1) is 15.3. The van der Waals surface area contributed by atoms with Crippen molar-refractivity contribution in [3.8, 4) is 11.8 Å². The van der Waals surface area contributed by atoms with E-state index in [1.807, 2.05) is 31.3 Å². The number of benzene rings is 1. The molecule has 1 atom stereocenters. The van der Waals surface area contributed by atoms with Gasteiger partial charge in [-0.1, -0.05) is 31.8 Å². The van der Waals surface area contributed by atoms with Gasteiger partial charge in [-0.3, -0.25) is 4.79 Å². The third-order valence-electron chi connectivity index (χ3n) is 3.34. The second kappa shape index (κ2) is 6.96. The number of carbonyl (C=O) groups is 1. The zero-order valence-corrected chi connectivity index (χ0v) is 12.1. The molecule has 0 bridgehead atoms. The van der Waals surface area contributed by atoms with Crippen LogP contribution < -0.4 is 5.73 Å². The van der Waals surface area contributed by atoms with Crippen molar-refractivity contribution in [1.82, 2.24) is 4.90 Å². The molecular formula is C16H22N2O. The Morgan fingerprint density at radius 2 is 2.05 bits per heavy atom. The highest BCUT2D eigenvalue weighted by Gasteiger charge is 2.19. The van der Waals surface area contributed by atoms with Crippen LogP contribution in [0.3, 0.4) is 0 Å². The Bertz CT molecular complexity index is 497. The maximum absolute atomic E-state index is 12.4. The van der Waals surface area contributed by atoms with Gasteiger partial charge in [-0.15, -0.1) is 0 Å². The standard InChI is InChI=1S/C16H22N2O/c1-12(2)13(3)18(4)16(19)15-9-5-7-14(11-15)8-6-10-17/h5,7,9,11-13H,10,17H2,1-4H3. The maximum atomic E-state index is 12.4. The average Bonchev–Trinajstić information content (AvgIpc) is 2.42. The van der Waals surface area contributed by atoms with Gasteiger partial charge < -0.3 is 10.6 Å². The molecule has 0 aliphatic heterocycles. The van der Waals surface area contributed by atoms with E-state index in [9.17, 15) is 4.79 Å². The second-order valence-electron chi connectivity index (χ2n) is 4.99. The van der Waals surface area contributed by atoms with Gasteiger partial charge in [-0.2, -0.15) is 0 Å². The molecule has 0 saturated carbocycles. The largest absolute Gasteiger partial charge is 0.339 e. The van der Waals surface area contributed by atoms with Crippen LogP contribution in [0.15, 0.2) is 24.3 Å². The van der Waals surface area contributed by atoms with Crippen LogP contribution in [0.2, 0.25) is 0 Å². The first-order valence-electron chi connectivity index (χ1n) is 6.53. The van der Waals surface area contributed by atoms with Crippen molar-refractivity contribution >= 4 is 5.91 Å². The Morgan fingerprint density at radius 1 is 1.37 bits per heavy atom. The first-order valence-corrected chi connectivity index (χ1v) is 6.53. The number of rotatable bonds is 3. The van der Waals surface area contributed by atoms with Crippen LogP contribution in [-0.4, -0.2) is 30.4 Å². The Kier molecular flexibility index (Phi) is 5.59. The Labute approximate surface area is 115 Å². The maximum Gasteiger partial charge on any atom is 0.253 e. The molecule has 1 rings (SSSR count). The molecule has 1 unspecified atom stereocenters. The summed E-state index contributed by atoms with van der Waals surface area (Å²) in [5, 5.41) is 0. The monoisotopic (exact) mass is 258 g/mol. The molecule has 0 aliphatic carbocycles. The molecule has 1 aromatic carbocycles. The predicted octanol–water partition coefficient (Wildman–Crippen LogP) is 2.11. The normalized spacial score (nSPS) is 11.7. The summed E-state index contributed by atoms with van der Waals surface area (Å²) < 4.78 is 0. The molecule has 19 heavy (non-hydrogen) atoms. The molecule has 0 saturated heterocycles. The zero-order valence-electron chi connectivity index (χ0n) is 12.1. The number of nitrogens with two attached hydrogens (primary N) is 1. The zero-order chi connectivity index (χ0) is 14.4. The quantitative estimate of drug-likeness (QED) is 0.844. The smallest absolute Gasteiger partial charge is 0.253 e. The fourth-order valence-corrected chi connectivity index (χ4v) is 1.72. The summed E-state index contributed by atoms with van der Waals surface area (Å²) in [6.45, 7) is 6.60. The number of nitrogens with zero attached hydrogens (tertiary/aromatic N) is 1. The van der Waals surface area contributed by atoms with E-state index >= 15 is 0 Å². The van der Waals surface area contributed by atoms with Crippen LogP contribution in [0, 0.1) is 17.8 Å². The predicted molar refractivity (Wildman–Crippen MR) is 78.8 cm³/mol. The van der Waals surface area contributed by atoms with Crippen molar-refractivity contribution in [3.63, 3.8) is 0 Å². The third-order valence-corrected chi connectivity index (χ3v) is 3.34. The van der Waals surface area contributed by atoms with Gasteiger partial charge in [-0.05, 0) is 31.0 Å². The molecule has 102 valence electrons. The first-order chi connectivity index (χ1) is 8.97. The van der Waals surface area contributed by atoms with E-state index in [1.165, 1.54) is 0 Å². The van der Waals surface area contributed by atoms with Gasteiger partial charge in [0.1, 0.15) is 0 Å². The number of hydrogen-bond donors (Lipinski definition) is 1. The van der Waals surface area contributed by atoms with Crippen LogP contribution in [0.1, 0.15) is 36.7 Å². The molecular weight excluding hydrogens is 236 g/mol. The van der Waals surface area contributed by atoms with Crippen LogP contribution in [0.5, 0.6) is 0 Å². The summed E-state index contributed by atoms with van der Waals surface area (Å²) in [5.41, 5.74) is 6.83. The third kappa shape index (κ3) is 4.11. The van der Waals surface area contributed by atoms with Crippen molar-refractivity contribution in [2.24, 2.45) is 11.7 Å². The molecule has 3 heteroatoms. The van der Waals surface area contributed by atoms with Crippen molar-refractivity contribution in [1.29, 1.82) is 0 Å². The molecule has 1 aromatic rings. The summed E-state index contributed by atoms with van der Waals surface area (Å²) in [4.78, 5) is 14.1. The molecule has 3 nitrogen and oxygen atoms in total. The highest BCUT2D eigenvalue weighted by Crippen LogP contribution is 2.13. The van der Waals surface area contributed by atoms with Gasteiger partial charge in [0.15, 0.2) is 0 Å². The summed E-state index contributed by atoms with van der Waals surface area (Å²) in [5.74, 6) is 6.19. The van der Waals surface area contributed by atoms with E-state index in [0.717, 1.165) is 5.56 Å². The lowest BCUT2D eigenvalue weighted by atomic mass is 10.0. The lowest BCUT2D eigenvalue weighted by Gasteiger charge is -2.28. The van der Waals surface area contributed by atoms with Gasteiger partial charge >= 0.3 is 0 Å². The highest BCUT2D eigenvalue weighted by molar-refractivity contribution is 5.94. The molecule has 2 N–H and O–H groups in total. The number of amides is 1. The molecule has 0 fully saturated rings. The number of carbonyl (C=O) groups excluding carboxylic acids is 1. The SMILES string of the molecule is CC(C)C(C)N(C)C(=O)c1cccc(C#CCN)c1. The van der Waals surface area contributed by atoms with Gasteiger partial charge in [0.25, 0.3) is 5.91 Å². The van der Waals surface area contributed by atoms with Crippen LogP contribution >= 0.6 is 0 Å². The molecule has 0 aliphatic rings. The Balaban J connectivity index is 2.94. The molecule has 0 spiro atoms. The van der Waals surface area contributed by atoms with E-state index in [0.29, 0.717) is 18.0 Å². The van der Waals surface area contributed by atoms with Crippen LogP contribution in [0.25, 0.3) is 0 Å². The summed E-state index contributed by atoms with van der Waals surface area (Å²) >= 11 is 0. The van der Waals surface area contributed by atoms with Crippen molar-refractivity contribution in [3.05, 3.63) is 35.4 Å². The van der Waals surface area contributed by atoms with Crippen molar-refractivity contribution < 1.29 is 4.79 Å². The molecule has 0 aromatic heterocycles. The van der Waals surface area contributed by atoms with Crippen LogP contribution in [0.4, 0.5) is 0 Å². The minimum absolute atomic E-state index is 0.0256. The Morgan fingerprint density at radius 3 is 2.63 bits per heavy atom. The van der Waals surface area contributed by atoms with E-state index in [1.54, 1.807) is 4.90 Å². The molecule has 0 radical (unpaired) electrons. The molecule has 0 heterocycles. The molecule has 1 amide bonds. The second-order valence-corrected chi connectivity index (χ2v) is 4.99. The van der Waals surface area contributed by atoms with Gasteiger partial charge in [-0.25, -0.2) is 0 Å². The fourth-order valence-electron chi connectivity index (χ4n) is 1.72. The number of hydrogen-bond acceptors (Lipinski definition) is 2. The summed E-state index contributed by atoms with van der Waals surface area (Å²) in [6.07, 6.45) is 0. The lowest BCUT2D eigenvalue weighted by Crippen LogP contribution is -2.38. The lowest BCUT2D eigenvalue weighted by molar-refractivity contribution is 0.0707. The van der Waals surface area contributed by atoms with Crippen molar-refractivity contribution in [2.45, 2.75) is 26.8 Å². The van der Waals surface area contributed by atoms with E-state index in [-0.39, 0.29) is 11.9 Å². The van der Waals surface area contributed by atoms with E-state index < -0.39 is 0 Å². The minimum atomic E-state index is 0.0256. The summed E-state index contributed by atoms with van der Waals surface area (Å²) in [6, 6.07) is 7.56. The van der Waals surface area contributed by atoms with E-state index in [2.05, 4.69) is 32.6 Å². The topological polar surface area (TPSA) is 46.3 Å². The fraction of sp³-hybridized carbons (Fsp3) is 0.438. The van der Waals surface area contributed by atoms with E-state index in [4.69, 9.17) is 5.73 Å². The van der Waals surface area contributed by atoms with Crippen LogP contribution in [-0.2, 0) is 0 Å². The van der Waals surface area contributed by atoms with Crippen molar-refractivity contribution in [2.75, 3.05) is 13.6 Å². The average molecular weight is 258 g/mol.